The first-order valence-corrected chi connectivity index (χ1v) is 7.45. The van der Waals surface area contributed by atoms with Crippen LogP contribution in [0.3, 0.4) is 0 Å². The van der Waals surface area contributed by atoms with Gasteiger partial charge in [-0.2, -0.15) is 0 Å². The summed E-state index contributed by atoms with van der Waals surface area (Å²) in [5.41, 5.74) is 4.01. The lowest BCUT2D eigenvalue weighted by Gasteiger charge is -2.07. The molecule has 2 aromatic heterocycles. The van der Waals surface area contributed by atoms with Crippen LogP contribution in [0.4, 0.5) is 4.39 Å². The third-order valence-corrected chi connectivity index (χ3v) is 3.72. The lowest BCUT2D eigenvalue weighted by atomic mass is 10.0. The van der Waals surface area contributed by atoms with Crippen LogP contribution in [0.2, 0.25) is 0 Å². The molecule has 0 aliphatic rings. The zero-order valence-corrected chi connectivity index (χ0v) is 13.0. The smallest absolute Gasteiger partial charge is 0.325 e. The number of carbonyl (C=O) groups excluding carboxylic acids is 1. The van der Waals surface area contributed by atoms with Crippen molar-refractivity contribution >= 4 is 17.0 Å². The van der Waals surface area contributed by atoms with E-state index in [4.69, 9.17) is 4.74 Å². The van der Waals surface area contributed by atoms with Crippen molar-refractivity contribution in [3.05, 3.63) is 54.1 Å². The van der Waals surface area contributed by atoms with Crippen molar-refractivity contribution in [2.75, 3.05) is 6.61 Å². The molecule has 0 saturated carbocycles. The van der Waals surface area contributed by atoms with Crippen LogP contribution < -0.4 is 0 Å². The summed E-state index contributed by atoms with van der Waals surface area (Å²) in [4.78, 5) is 16.1. The normalized spacial score (nSPS) is 10.9. The SMILES string of the molecule is CCOC(=O)Cn1ccc2ncc(-c3ccc(F)c(C)c3)cc21. The maximum Gasteiger partial charge on any atom is 0.325 e. The van der Waals surface area contributed by atoms with Gasteiger partial charge in [0.2, 0.25) is 0 Å². The standard InChI is InChI=1S/C18H17FN2O2/c1-3-23-18(22)11-21-7-6-16-17(21)9-14(10-20-16)13-4-5-15(19)12(2)8-13/h4-10H,3,11H2,1-2H3. The molecule has 4 nitrogen and oxygen atoms in total. The predicted octanol–water partition coefficient (Wildman–Crippen LogP) is 3.71. The summed E-state index contributed by atoms with van der Waals surface area (Å²) in [7, 11) is 0. The molecule has 0 bridgehead atoms. The van der Waals surface area contributed by atoms with Gasteiger partial charge in [-0.05, 0) is 49.2 Å². The number of ether oxygens (including phenoxy) is 1. The number of aromatic nitrogens is 2. The van der Waals surface area contributed by atoms with Crippen LogP contribution in [0, 0.1) is 12.7 Å². The molecular formula is C18H17FN2O2. The van der Waals surface area contributed by atoms with Crippen LogP contribution in [-0.4, -0.2) is 22.1 Å². The molecule has 118 valence electrons. The lowest BCUT2D eigenvalue weighted by Crippen LogP contribution is -2.12. The number of halogens is 1. The third-order valence-electron chi connectivity index (χ3n) is 3.72. The topological polar surface area (TPSA) is 44.1 Å². The van der Waals surface area contributed by atoms with Crippen molar-refractivity contribution < 1.29 is 13.9 Å². The summed E-state index contributed by atoms with van der Waals surface area (Å²) >= 11 is 0. The first kappa shape index (κ1) is 15.2. The average molecular weight is 312 g/mol. The summed E-state index contributed by atoms with van der Waals surface area (Å²) in [6.45, 7) is 4.01. The zero-order chi connectivity index (χ0) is 16.4. The van der Waals surface area contributed by atoms with E-state index in [1.165, 1.54) is 6.07 Å². The van der Waals surface area contributed by atoms with Gasteiger partial charge in [0.15, 0.2) is 0 Å². The van der Waals surface area contributed by atoms with Crippen LogP contribution in [0.15, 0.2) is 42.7 Å². The summed E-state index contributed by atoms with van der Waals surface area (Å²) in [6.07, 6.45) is 3.57. The molecule has 0 saturated heterocycles. The Morgan fingerprint density at radius 3 is 2.83 bits per heavy atom. The number of benzene rings is 1. The lowest BCUT2D eigenvalue weighted by molar-refractivity contribution is -0.143. The number of hydrogen-bond donors (Lipinski definition) is 0. The molecule has 1 aromatic carbocycles. The Labute approximate surface area is 133 Å². The monoisotopic (exact) mass is 312 g/mol. The second kappa shape index (κ2) is 6.20. The second-order valence-corrected chi connectivity index (χ2v) is 5.34. The Balaban J connectivity index is 2.00. The van der Waals surface area contributed by atoms with Crippen LogP contribution in [0.25, 0.3) is 22.2 Å². The van der Waals surface area contributed by atoms with E-state index in [-0.39, 0.29) is 18.3 Å². The molecule has 0 N–H and O–H groups in total. The zero-order valence-electron chi connectivity index (χ0n) is 13.0. The fraction of sp³-hybridized carbons (Fsp3) is 0.222. The Morgan fingerprint density at radius 1 is 1.26 bits per heavy atom. The van der Waals surface area contributed by atoms with Crippen LogP contribution in [0.1, 0.15) is 12.5 Å². The second-order valence-electron chi connectivity index (χ2n) is 5.34. The minimum absolute atomic E-state index is 0.144. The molecule has 0 atom stereocenters. The van der Waals surface area contributed by atoms with E-state index in [2.05, 4.69) is 4.98 Å². The van der Waals surface area contributed by atoms with Crippen LogP contribution in [0.5, 0.6) is 0 Å². The maximum absolute atomic E-state index is 13.4. The van der Waals surface area contributed by atoms with Crippen molar-refractivity contribution in [3.63, 3.8) is 0 Å². The van der Waals surface area contributed by atoms with Crippen molar-refractivity contribution in [2.45, 2.75) is 20.4 Å². The van der Waals surface area contributed by atoms with Gasteiger partial charge in [-0.3, -0.25) is 9.78 Å². The van der Waals surface area contributed by atoms with Crippen molar-refractivity contribution in [2.24, 2.45) is 0 Å². The van der Waals surface area contributed by atoms with Gasteiger partial charge in [0, 0.05) is 18.0 Å². The van der Waals surface area contributed by atoms with Gasteiger partial charge in [-0.25, -0.2) is 4.39 Å². The number of esters is 1. The first-order valence-electron chi connectivity index (χ1n) is 7.45. The number of hydrogen-bond acceptors (Lipinski definition) is 3. The number of fused-ring (bicyclic) bond motifs is 1. The molecule has 23 heavy (non-hydrogen) atoms. The average Bonchev–Trinajstić information content (AvgIpc) is 2.92. The third kappa shape index (κ3) is 3.08. The maximum atomic E-state index is 13.4. The number of rotatable bonds is 4. The number of nitrogens with zero attached hydrogens (tertiary/aromatic N) is 2. The Hall–Kier alpha value is -2.69. The van der Waals surface area contributed by atoms with Gasteiger partial charge in [-0.1, -0.05) is 6.07 Å². The van der Waals surface area contributed by atoms with Gasteiger partial charge in [0.05, 0.1) is 17.6 Å². The quantitative estimate of drug-likeness (QED) is 0.690. The molecule has 3 rings (SSSR count). The summed E-state index contributed by atoms with van der Waals surface area (Å²) < 4.78 is 20.2. The summed E-state index contributed by atoms with van der Waals surface area (Å²) in [5, 5.41) is 0. The van der Waals surface area contributed by atoms with Crippen molar-refractivity contribution in [1.82, 2.24) is 9.55 Å². The van der Waals surface area contributed by atoms with E-state index in [1.54, 1.807) is 36.7 Å². The molecule has 3 aromatic rings. The highest BCUT2D eigenvalue weighted by Crippen LogP contribution is 2.25. The summed E-state index contributed by atoms with van der Waals surface area (Å²) in [5.74, 6) is -0.512. The van der Waals surface area contributed by atoms with Gasteiger partial charge in [0.1, 0.15) is 12.4 Å². The molecule has 2 heterocycles. The van der Waals surface area contributed by atoms with E-state index in [0.29, 0.717) is 12.2 Å². The van der Waals surface area contributed by atoms with E-state index < -0.39 is 0 Å². The number of aryl methyl sites for hydroxylation is 1. The largest absolute Gasteiger partial charge is 0.465 e. The highest BCUT2D eigenvalue weighted by Gasteiger charge is 2.10. The van der Waals surface area contributed by atoms with E-state index in [9.17, 15) is 9.18 Å². The van der Waals surface area contributed by atoms with Crippen LogP contribution >= 0.6 is 0 Å². The van der Waals surface area contributed by atoms with Crippen molar-refractivity contribution in [1.29, 1.82) is 0 Å². The number of pyridine rings is 1. The van der Waals surface area contributed by atoms with E-state index >= 15 is 0 Å². The predicted molar refractivity (Wildman–Crippen MR) is 86.5 cm³/mol. The minimum atomic E-state index is -0.284. The van der Waals surface area contributed by atoms with Gasteiger partial charge < -0.3 is 9.30 Å². The fourth-order valence-corrected chi connectivity index (χ4v) is 2.53. The molecule has 0 spiro atoms. The highest BCUT2D eigenvalue weighted by molar-refractivity contribution is 5.83. The first-order chi connectivity index (χ1) is 11.1. The molecule has 0 radical (unpaired) electrons. The Bertz CT molecular complexity index is 871. The molecule has 0 aliphatic heterocycles. The van der Waals surface area contributed by atoms with E-state index in [1.807, 2.05) is 18.3 Å². The minimum Gasteiger partial charge on any atom is -0.465 e. The Morgan fingerprint density at radius 2 is 2.09 bits per heavy atom. The Kier molecular flexibility index (Phi) is 4.10. The molecule has 0 unspecified atom stereocenters. The molecule has 0 amide bonds. The molecule has 0 aliphatic carbocycles. The van der Waals surface area contributed by atoms with Crippen LogP contribution in [-0.2, 0) is 16.1 Å². The fourth-order valence-electron chi connectivity index (χ4n) is 2.53. The molecule has 0 fully saturated rings. The highest BCUT2D eigenvalue weighted by atomic mass is 19.1. The molecular weight excluding hydrogens is 295 g/mol. The van der Waals surface area contributed by atoms with Gasteiger partial charge in [-0.15, -0.1) is 0 Å². The van der Waals surface area contributed by atoms with E-state index in [0.717, 1.165) is 22.2 Å². The number of carbonyl (C=O) groups is 1. The van der Waals surface area contributed by atoms with Gasteiger partial charge in [0.25, 0.3) is 0 Å². The summed E-state index contributed by atoms with van der Waals surface area (Å²) in [6, 6.07) is 8.77. The van der Waals surface area contributed by atoms with Gasteiger partial charge >= 0.3 is 5.97 Å². The van der Waals surface area contributed by atoms with Crippen molar-refractivity contribution in [3.8, 4) is 11.1 Å². The molecule has 5 heteroatoms.